The highest BCUT2D eigenvalue weighted by atomic mass is 16.5. The van der Waals surface area contributed by atoms with Crippen molar-refractivity contribution in [2.75, 3.05) is 33.4 Å². The number of likely N-dealkylation sites (N-methyl/N-ethyl adjacent to an activating group) is 1. The maximum Gasteiger partial charge on any atom is 0.0594 e. The number of nitrogens with zero attached hydrogens (tertiary/aromatic N) is 1. The van der Waals surface area contributed by atoms with Crippen molar-refractivity contribution < 1.29 is 4.74 Å². The lowest BCUT2D eigenvalue weighted by atomic mass is 10.4. The van der Waals surface area contributed by atoms with E-state index >= 15 is 0 Å². The lowest BCUT2D eigenvalue weighted by Crippen LogP contribution is -2.32. The first-order chi connectivity index (χ1) is 5.31. The van der Waals surface area contributed by atoms with Crippen LogP contribution in [0, 0.1) is 0 Å². The van der Waals surface area contributed by atoms with Gasteiger partial charge in [-0.2, -0.15) is 0 Å². The molecule has 0 radical (unpaired) electrons. The van der Waals surface area contributed by atoms with Crippen LogP contribution in [0.4, 0.5) is 0 Å². The number of morpholine rings is 1. The fourth-order valence-corrected chi connectivity index (χ4v) is 0.655. The van der Waals surface area contributed by atoms with E-state index in [9.17, 15) is 0 Å². The van der Waals surface area contributed by atoms with E-state index in [0.717, 1.165) is 26.3 Å². The summed E-state index contributed by atoms with van der Waals surface area (Å²) in [6.07, 6.45) is 2.64. The molecule has 0 aliphatic carbocycles. The Kier molecular flexibility index (Phi) is 7.96. The quantitative estimate of drug-likeness (QED) is 0.578. The molecule has 68 valence electrons. The molecule has 0 aromatic rings. The van der Waals surface area contributed by atoms with Crippen molar-refractivity contribution in [1.82, 2.24) is 4.90 Å². The van der Waals surface area contributed by atoms with E-state index in [1.165, 1.54) is 12.8 Å². The summed E-state index contributed by atoms with van der Waals surface area (Å²) in [6, 6.07) is 0. The van der Waals surface area contributed by atoms with Crippen LogP contribution in [0.5, 0.6) is 0 Å². The third kappa shape index (κ3) is 7.82. The van der Waals surface area contributed by atoms with Gasteiger partial charge in [0.1, 0.15) is 0 Å². The number of rotatable bonds is 1. The Morgan fingerprint density at radius 3 is 1.73 bits per heavy atom. The molecular formula is C9H21NO. The second-order valence-electron chi connectivity index (χ2n) is 2.92. The van der Waals surface area contributed by atoms with Gasteiger partial charge < -0.3 is 9.64 Å². The Morgan fingerprint density at radius 2 is 1.55 bits per heavy atom. The molecule has 0 amide bonds. The largest absolute Gasteiger partial charge is 0.379 e. The highest BCUT2D eigenvalue weighted by molar-refractivity contribution is 4.53. The second kappa shape index (κ2) is 8.02. The molecule has 1 heterocycles. The van der Waals surface area contributed by atoms with E-state index in [1.54, 1.807) is 0 Å². The topological polar surface area (TPSA) is 12.5 Å². The Hall–Kier alpha value is -0.0800. The third-order valence-electron chi connectivity index (χ3n) is 1.73. The first kappa shape index (κ1) is 10.9. The molecule has 1 rings (SSSR count). The number of ether oxygens (including phenoxy) is 1. The molecular weight excluding hydrogens is 138 g/mol. The summed E-state index contributed by atoms with van der Waals surface area (Å²) in [5.41, 5.74) is 0. The summed E-state index contributed by atoms with van der Waals surface area (Å²) < 4.78 is 5.10. The summed E-state index contributed by atoms with van der Waals surface area (Å²) >= 11 is 0. The molecule has 2 nitrogen and oxygen atoms in total. The fourth-order valence-electron chi connectivity index (χ4n) is 0.655. The molecule has 0 N–H and O–H groups in total. The lowest BCUT2D eigenvalue weighted by Gasteiger charge is -2.21. The van der Waals surface area contributed by atoms with Gasteiger partial charge in [0, 0.05) is 13.1 Å². The number of unbranched alkanes of at least 4 members (excludes halogenated alkanes) is 1. The van der Waals surface area contributed by atoms with Crippen LogP contribution >= 0.6 is 0 Å². The summed E-state index contributed by atoms with van der Waals surface area (Å²) in [7, 11) is 2.11. The van der Waals surface area contributed by atoms with Crippen LogP contribution in [-0.4, -0.2) is 38.3 Å². The summed E-state index contributed by atoms with van der Waals surface area (Å²) in [5, 5.41) is 0. The maximum absolute atomic E-state index is 5.10. The fraction of sp³-hybridized carbons (Fsp3) is 1.00. The van der Waals surface area contributed by atoms with Gasteiger partial charge in [-0.1, -0.05) is 26.7 Å². The van der Waals surface area contributed by atoms with E-state index in [2.05, 4.69) is 25.8 Å². The molecule has 1 aliphatic rings. The van der Waals surface area contributed by atoms with Gasteiger partial charge in [0.2, 0.25) is 0 Å². The molecule has 0 bridgehead atoms. The van der Waals surface area contributed by atoms with Crippen molar-refractivity contribution in [3.63, 3.8) is 0 Å². The van der Waals surface area contributed by atoms with Crippen LogP contribution in [0.25, 0.3) is 0 Å². The zero-order chi connectivity index (χ0) is 8.53. The minimum Gasteiger partial charge on any atom is -0.379 e. The smallest absolute Gasteiger partial charge is 0.0594 e. The standard InChI is InChI=1S/C5H11NO.C4H10/c1-6-2-4-7-5-3-6;1-3-4-2/h2-5H2,1H3;3-4H2,1-2H3. The highest BCUT2D eigenvalue weighted by Gasteiger charge is 2.02. The summed E-state index contributed by atoms with van der Waals surface area (Å²) in [5.74, 6) is 0. The van der Waals surface area contributed by atoms with Crippen LogP contribution in [0.2, 0.25) is 0 Å². The molecule has 2 heteroatoms. The first-order valence-corrected chi connectivity index (χ1v) is 4.57. The van der Waals surface area contributed by atoms with E-state index in [1.807, 2.05) is 0 Å². The predicted octanol–water partition coefficient (Wildman–Crippen LogP) is 1.75. The van der Waals surface area contributed by atoms with Crippen LogP contribution in [0.3, 0.4) is 0 Å². The zero-order valence-electron chi connectivity index (χ0n) is 8.10. The molecule has 0 saturated carbocycles. The molecule has 0 aromatic carbocycles. The monoisotopic (exact) mass is 159 g/mol. The molecule has 1 saturated heterocycles. The lowest BCUT2D eigenvalue weighted by molar-refractivity contribution is 0.0503. The second-order valence-corrected chi connectivity index (χ2v) is 2.92. The van der Waals surface area contributed by atoms with Gasteiger partial charge >= 0.3 is 0 Å². The Labute approximate surface area is 70.5 Å². The van der Waals surface area contributed by atoms with Crippen molar-refractivity contribution in [2.24, 2.45) is 0 Å². The Balaban J connectivity index is 0.000000218. The maximum atomic E-state index is 5.10. The summed E-state index contributed by atoms with van der Waals surface area (Å²) in [6.45, 7) is 8.38. The van der Waals surface area contributed by atoms with Gasteiger partial charge in [-0.3, -0.25) is 0 Å². The van der Waals surface area contributed by atoms with E-state index in [4.69, 9.17) is 4.74 Å². The average molecular weight is 159 g/mol. The number of hydrogen-bond donors (Lipinski definition) is 0. The summed E-state index contributed by atoms with van der Waals surface area (Å²) in [4.78, 5) is 2.27. The van der Waals surface area contributed by atoms with Gasteiger partial charge in [-0.15, -0.1) is 0 Å². The number of hydrogen-bond acceptors (Lipinski definition) is 2. The minimum atomic E-state index is 0.913. The molecule has 0 atom stereocenters. The molecule has 0 unspecified atom stereocenters. The Morgan fingerprint density at radius 1 is 1.09 bits per heavy atom. The van der Waals surface area contributed by atoms with Crippen LogP contribution in [-0.2, 0) is 4.74 Å². The van der Waals surface area contributed by atoms with E-state index in [-0.39, 0.29) is 0 Å². The van der Waals surface area contributed by atoms with Crippen LogP contribution < -0.4 is 0 Å². The van der Waals surface area contributed by atoms with Gasteiger partial charge in [0.15, 0.2) is 0 Å². The van der Waals surface area contributed by atoms with Gasteiger partial charge in [-0.25, -0.2) is 0 Å². The van der Waals surface area contributed by atoms with Gasteiger partial charge in [0.05, 0.1) is 13.2 Å². The van der Waals surface area contributed by atoms with Crippen LogP contribution in [0.1, 0.15) is 26.7 Å². The predicted molar refractivity (Wildman–Crippen MR) is 48.9 cm³/mol. The van der Waals surface area contributed by atoms with Crippen molar-refractivity contribution in [2.45, 2.75) is 26.7 Å². The first-order valence-electron chi connectivity index (χ1n) is 4.57. The van der Waals surface area contributed by atoms with Crippen molar-refractivity contribution in [3.05, 3.63) is 0 Å². The third-order valence-corrected chi connectivity index (χ3v) is 1.73. The van der Waals surface area contributed by atoms with E-state index in [0.29, 0.717) is 0 Å². The van der Waals surface area contributed by atoms with Gasteiger partial charge in [0.25, 0.3) is 0 Å². The van der Waals surface area contributed by atoms with Crippen molar-refractivity contribution in [1.29, 1.82) is 0 Å². The van der Waals surface area contributed by atoms with Crippen molar-refractivity contribution in [3.8, 4) is 0 Å². The molecule has 11 heavy (non-hydrogen) atoms. The molecule has 0 aromatic heterocycles. The van der Waals surface area contributed by atoms with E-state index < -0.39 is 0 Å². The normalized spacial score (nSPS) is 18.8. The highest BCUT2D eigenvalue weighted by Crippen LogP contribution is 1.89. The SMILES string of the molecule is CCCC.CN1CCOCC1. The van der Waals surface area contributed by atoms with Gasteiger partial charge in [-0.05, 0) is 7.05 Å². The molecule has 1 fully saturated rings. The zero-order valence-corrected chi connectivity index (χ0v) is 8.10. The molecule has 0 spiro atoms. The van der Waals surface area contributed by atoms with Crippen molar-refractivity contribution >= 4 is 0 Å². The minimum absolute atomic E-state index is 0.913. The van der Waals surface area contributed by atoms with Crippen LogP contribution in [0.15, 0.2) is 0 Å². The Bertz CT molecular complexity index is 68.0. The average Bonchev–Trinajstić information content (AvgIpc) is 2.07. The molecule has 1 aliphatic heterocycles.